The topological polar surface area (TPSA) is 36.4 Å². The number of hydrogen-bond acceptors (Lipinski definition) is 3. The van der Waals surface area contributed by atoms with Crippen molar-refractivity contribution in [2.75, 3.05) is 6.54 Å². The van der Waals surface area contributed by atoms with E-state index in [0.29, 0.717) is 0 Å². The molecule has 10 heavy (non-hydrogen) atoms. The Morgan fingerprint density at radius 2 is 2.30 bits per heavy atom. The van der Waals surface area contributed by atoms with E-state index in [1.807, 2.05) is 19.9 Å². The van der Waals surface area contributed by atoms with E-state index in [4.69, 9.17) is 0 Å². The molecule has 0 aliphatic carbocycles. The molecule has 0 aromatic rings. The lowest BCUT2D eigenvalue weighted by atomic mass is 10.4. The van der Waals surface area contributed by atoms with Crippen molar-refractivity contribution in [3.8, 4) is 0 Å². The molecule has 0 aliphatic rings. The van der Waals surface area contributed by atoms with Crippen LogP contribution in [0.4, 0.5) is 0 Å². The van der Waals surface area contributed by atoms with Gasteiger partial charge in [-0.05, 0) is 20.3 Å². The fourth-order valence-electron chi connectivity index (χ4n) is 0.381. The molecule has 2 N–H and O–H groups in total. The standard InChI is InChI=1S/C7H15N3/c1-4-5-6-8-10-9-7(2)3/h4,8,10H,1,5-6H2,2-3H3. The number of hydrogen-bond donors (Lipinski definition) is 2. The zero-order valence-electron chi connectivity index (χ0n) is 6.65. The van der Waals surface area contributed by atoms with Crippen LogP contribution in [0.15, 0.2) is 17.8 Å². The molecule has 3 nitrogen and oxygen atoms in total. The van der Waals surface area contributed by atoms with E-state index in [-0.39, 0.29) is 0 Å². The molecule has 0 rings (SSSR count). The maximum Gasteiger partial charge on any atom is 0.0332 e. The molecule has 0 amide bonds. The molecule has 0 radical (unpaired) electrons. The Bertz CT molecular complexity index is 114. The van der Waals surface area contributed by atoms with Crippen molar-refractivity contribution >= 4 is 5.71 Å². The highest BCUT2D eigenvalue weighted by atomic mass is 15.5. The number of nitrogens with one attached hydrogen (secondary N) is 2. The van der Waals surface area contributed by atoms with Gasteiger partial charge in [0.1, 0.15) is 0 Å². The molecular weight excluding hydrogens is 126 g/mol. The SMILES string of the molecule is C=CCCNNN=C(C)C. The first-order valence-electron chi connectivity index (χ1n) is 3.37. The summed E-state index contributed by atoms with van der Waals surface area (Å²) in [5, 5.41) is 3.92. The van der Waals surface area contributed by atoms with Gasteiger partial charge in [0.25, 0.3) is 0 Å². The summed E-state index contributed by atoms with van der Waals surface area (Å²) in [4.78, 5) is 0. The molecule has 0 heterocycles. The maximum atomic E-state index is 3.92. The van der Waals surface area contributed by atoms with Gasteiger partial charge in [0, 0.05) is 12.3 Å². The molecule has 0 aromatic carbocycles. The minimum Gasteiger partial charge on any atom is -0.243 e. The minimum atomic E-state index is 0.861. The summed E-state index contributed by atoms with van der Waals surface area (Å²) >= 11 is 0. The molecule has 0 atom stereocenters. The lowest BCUT2D eigenvalue weighted by Crippen LogP contribution is -2.28. The monoisotopic (exact) mass is 141 g/mol. The third-order valence-electron chi connectivity index (χ3n) is 0.832. The van der Waals surface area contributed by atoms with Gasteiger partial charge in [0.2, 0.25) is 0 Å². The molecule has 0 saturated carbocycles. The van der Waals surface area contributed by atoms with E-state index in [9.17, 15) is 0 Å². The molecule has 0 aromatic heterocycles. The summed E-state index contributed by atoms with van der Waals surface area (Å²) in [6.07, 6.45) is 2.81. The molecule has 0 spiro atoms. The van der Waals surface area contributed by atoms with Crippen LogP contribution >= 0.6 is 0 Å². The van der Waals surface area contributed by atoms with Crippen molar-refractivity contribution in [3.05, 3.63) is 12.7 Å². The van der Waals surface area contributed by atoms with Crippen molar-refractivity contribution in [1.82, 2.24) is 11.0 Å². The van der Waals surface area contributed by atoms with E-state index in [1.165, 1.54) is 0 Å². The van der Waals surface area contributed by atoms with Crippen LogP contribution in [0.3, 0.4) is 0 Å². The second kappa shape index (κ2) is 6.29. The zero-order chi connectivity index (χ0) is 7.82. The molecule has 3 heteroatoms. The Balaban J connectivity index is 3.05. The lowest BCUT2D eigenvalue weighted by Gasteiger charge is -2.00. The van der Waals surface area contributed by atoms with Crippen LogP contribution in [0.25, 0.3) is 0 Å². The Kier molecular flexibility index (Phi) is 5.77. The first kappa shape index (κ1) is 9.17. The molecule has 0 saturated heterocycles. The van der Waals surface area contributed by atoms with Crippen LogP contribution < -0.4 is 11.0 Å². The largest absolute Gasteiger partial charge is 0.243 e. The number of nitrogens with zero attached hydrogens (tertiary/aromatic N) is 1. The molecular formula is C7H15N3. The van der Waals surface area contributed by atoms with Crippen molar-refractivity contribution < 1.29 is 0 Å². The molecule has 58 valence electrons. The summed E-state index contributed by atoms with van der Waals surface area (Å²) in [6.45, 7) is 8.32. The summed E-state index contributed by atoms with van der Waals surface area (Å²) < 4.78 is 0. The van der Waals surface area contributed by atoms with Crippen molar-refractivity contribution in [3.63, 3.8) is 0 Å². The second-order valence-corrected chi connectivity index (χ2v) is 2.17. The Hall–Kier alpha value is -0.830. The predicted octanol–water partition coefficient (Wildman–Crippen LogP) is 1.05. The average molecular weight is 141 g/mol. The average Bonchev–Trinajstić information content (AvgIpc) is 1.87. The van der Waals surface area contributed by atoms with Crippen LogP contribution in [-0.2, 0) is 0 Å². The van der Waals surface area contributed by atoms with Crippen LogP contribution in [0, 0.1) is 0 Å². The van der Waals surface area contributed by atoms with Gasteiger partial charge in [0.05, 0.1) is 0 Å². The highest BCUT2D eigenvalue weighted by Crippen LogP contribution is 1.72. The molecule has 0 unspecified atom stereocenters. The number of rotatable bonds is 5. The van der Waals surface area contributed by atoms with Gasteiger partial charge in [-0.25, -0.2) is 11.0 Å². The molecule has 0 aliphatic heterocycles. The van der Waals surface area contributed by atoms with Crippen LogP contribution in [0.5, 0.6) is 0 Å². The minimum absolute atomic E-state index is 0.861. The van der Waals surface area contributed by atoms with Gasteiger partial charge in [-0.3, -0.25) is 0 Å². The maximum absolute atomic E-state index is 3.92. The quantitative estimate of drug-likeness (QED) is 0.260. The number of hydrazone groups is 1. The van der Waals surface area contributed by atoms with Crippen molar-refractivity contribution in [1.29, 1.82) is 0 Å². The van der Waals surface area contributed by atoms with Crippen molar-refractivity contribution in [2.45, 2.75) is 20.3 Å². The summed E-state index contributed by atoms with van der Waals surface area (Å²) in [6, 6.07) is 0. The Morgan fingerprint density at radius 3 is 2.80 bits per heavy atom. The number of hydrazine groups is 1. The zero-order valence-corrected chi connectivity index (χ0v) is 6.65. The highest BCUT2D eigenvalue weighted by Gasteiger charge is 1.78. The van der Waals surface area contributed by atoms with E-state index < -0.39 is 0 Å². The van der Waals surface area contributed by atoms with Crippen LogP contribution in [0.1, 0.15) is 20.3 Å². The van der Waals surface area contributed by atoms with Crippen LogP contribution in [-0.4, -0.2) is 12.3 Å². The summed E-state index contributed by atoms with van der Waals surface area (Å²) in [5.41, 5.74) is 6.62. The fraction of sp³-hybridized carbons (Fsp3) is 0.571. The highest BCUT2D eigenvalue weighted by molar-refractivity contribution is 5.78. The van der Waals surface area contributed by atoms with Crippen LogP contribution in [0.2, 0.25) is 0 Å². The van der Waals surface area contributed by atoms with Gasteiger partial charge in [0.15, 0.2) is 0 Å². The Labute approximate surface area is 62.2 Å². The van der Waals surface area contributed by atoms with Gasteiger partial charge >= 0.3 is 0 Å². The van der Waals surface area contributed by atoms with Gasteiger partial charge in [-0.1, -0.05) is 6.08 Å². The smallest absolute Gasteiger partial charge is 0.0332 e. The lowest BCUT2D eigenvalue weighted by molar-refractivity contribution is 0.562. The summed E-state index contributed by atoms with van der Waals surface area (Å²) in [7, 11) is 0. The second-order valence-electron chi connectivity index (χ2n) is 2.17. The van der Waals surface area contributed by atoms with Gasteiger partial charge < -0.3 is 0 Å². The van der Waals surface area contributed by atoms with E-state index >= 15 is 0 Å². The normalized spacial score (nSPS) is 8.60. The first-order chi connectivity index (χ1) is 4.77. The van der Waals surface area contributed by atoms with Gasteiger partial charge in [-0.2, -0.15) is 5.10 Å². The first-order valence-corrected chi connectivity index (χ1v) is 3.37. The third-order valence-corrected chi connectivity index (χ3v) is 0.832. The van der Waals surface area contributed by atoms with Crippen molar-refractivity contribution in [2.24, 2.45) is 5.10 Å². The van der Waals surface area contributed by atoms with E-state index in [2.05, 4.69) is 22.6 Å². The van der Waals surface area contributed by atoms with E-state index in [1.54, 1.807) is 0 Å². The van der Waals surface area contributed by atoms with Gasteiger partial charge in [-0.15, -0.1) is 6.58 Å². The molecule has 0 fully saturated rings. The fourth-order valence-corrected chi connectivity index (χ4v) is 0.381. The predicted molar refractivity (Wildman–Crippen MR) is 44.7 cm³/mol. The third kappa shape index (κ3) is 7.17. The summed E-state index contributed by atoms with van der Waals surface area (Å²) in [5.74, 6) is 0. The Morgan fingerprint density at radius 1 is 1.60 bits per heavy atom. The van der Waals surface area contributed by atoms with E-state index in [0.717, 1.165) is 18.7 Å². The molecule has 0 bridgehead atoms.